The van der Waals surface area contributed by atoms with Crippen molar-refractivity contribution in [1.29, 1.82) is 0 Å². The summed E-state index contributed by atoms with van der Waals surface area (Å²) in [6.07, 6.45) is 3.56. The van der Waals surface area contributed by atoms with Gasteiger partial charge in [-0.1, -0.05) is 12.2 Å². The highest BCUT2D eigenvalue weighted by molar-refractivity contribution is 5.74. The fraction of sp³-hybridized carbons (Fsp3) is 0.600. The predicted molar refractivity (Wildman–Crippen MR) is 63.3 cm³/mol. The molecule has 0 radical (unpaired) electrons. The van der Waals surface area contributed by atoms with Crippen molar-refractivity contribution in [2.24, 2.45) is 0 Å². The minimum atomic E-state index is -0.191. The Morgan fingerprint density at radius 2 is 1.19 bits per heavy atom. The van der Waals surface area contributed by atoms with Gasteiger partial charge in [0, 0.05) is 26.2 Å². The van der Waals surface area contributed by atoms with Crippen molar-refractivity contribution >= 4 is 12.1 Å². The molecule has 0 fully saturated rings. The molecule has 0 aliphatic rings. The van der Waals surface area contributed by atoms with Crippen molar-refractivity contribution < 1.29 is 9.59 Å². The molecule has 16 heavy (non-hydrogen) atoms. The van der Waals surface area contributed by atoms with Crippen LogP contribution in [0.25, 0.3) is 0 Å². The second-order valence-corrected chi connectivity index (χ2v) is 2.95. The topological polar surface area (TPSA) is 82.3 Å². The van der Waals surface area contributed by atoms with E-state index in [1.54, 1.807) is 12.2 Å². The fourth-order valence-corrected chi connectivity index (χ4v) is 0.916. The molecule has 4 amide bonds. The first-order valence-electron chi connectivity index (χ1n) is 5.39. The van der Waals surface area contributed by atoms with E-state index in [4.69, 9.17) is 0 Å². The lowest BCUT2D eigenvalue weighted by molar-refractivity contribution is 0.241. The van der Waals surface area contributed by atoms with E-state index < -0.39 is 0 Å². The normalized spacial score (nSPS) is 9.88. The Hall–Kier alpha value is -1.72. The summed E-state index contributed by atoms with van der Waals surface area (Å²) in [7, 11) is 0. The highest BCUT2D eigenvalue weighted by Crippen LogP contribution is 1.72. The van der Waals surface area contributed by atoms with Gasteiger partial charge in [0.2, 0.25) is 0 Å². The Morgan fingerprint density at radius 1 is 0.812 bits per heavy atom. The van der Waals surface area contributed by atoms with E-state index in [9.17, 15) is 9.59 Å². The zero-order chi connectivity index (χ0) is 12.2. The van der Waals surface area contributed by atoms with Gasteiger partial charge >= 0.3 is 12.1 Å². The number of urea groups is 2. The molecular weight excluding hydrogens is 208 g/mol. The van der Waals surface area contributed by atoms with E-state index in [1.165, 1.54) is 0 Å². The highest BCUT2D eigenvalue weighted by Gasteiger charge is 1.94. The van der Waals surface area contributed by atoms with Gasteiger partial charge in [-0.2, -0.15) is 0 Å². The van der Waals surface area contributed by atoms with Crippen LogP contribution in [-0.2, 0) is 0 Å². The third-order valence-electron chi connectivity index (χ3n) is 1.60. The zero-order valence-corrected chi connectivity index (χ0v) is 9.80. The van der Waals surface area contributed by atoms with Crippen molar-refractivity contribution in [2.45, 2.75) is 13.8 Å². The Bertz CT molecular complexity index is 217. The summed E-state index contributed by atoms with van der Waals surface area (Å²) in [5.41, 5.74) is 0. The number of hydrogen-bond acceptors (Lipinski definition) is 2. The Morgan fingerprint density at radius 3 is 1.50 bits per heavy atom. The largest absolute Gasteiger partial charge is 0.338 e. The summed E-state index contributed by atoms with van der Waals surface area (Å²) in [6, 6.07) is -0.382. The second-order valence-electron chi connectivity index (χ2n) is 2.95. The van der Waals surface area contributed by atoms with Gasteiger partial charge in [-0.05, 0) is 13.8 Å². The smallest absolute Gasteiger partial charge is 0.315 e. The minimum absolute atomic E-state index is 0.191. The Labute approximate surface area is 95.9 Å². The molecule has 0 aromatic rings. The molecule has 0 aromatic carbocycles. The maximum Gasteiger partial charge on any atom is 0.315 e. The van der Waals surface area contributed by atoms with Gasteiger partial charge in [-0.25, -0.2) is 9.59 Å². The molecule has 0 saturated heterocycles. The average Bonchev–Trinajstić information content (AvgIpc) is 2.24. The fourth-order valence-electron chi connectivity index (χ4n) is 0.916. The van der Waals surface area contributed by atoms with Crippen molar-refractivity contribution in [2.75, 3.05) is 26.2 Å². The summed E-state index contributed by atoms with van der Waals surface area (Å²) in [6.45, 7) is 5.81. The summed E-state index contributed by atoms with van der Waals surface area (Å²) < 4.78 is 0. The van der Waals surface area contributed by atoms with E-state index in [2.05, 4.69) is 21.3 Å². The maximum absolute atomic E-state index is 10.9. The molecule has 0 unspecified atom stereocenters. The third kappa shape index (κ3) is 8.86. The maximum atomic E-state index is 10.9. The van der Waals surface area contributed by atoms with Crippen LogP contribution in [0.15, 0.2) is 12.2 Å². The van der Waals surface area contributed by atoms with Crippen LogP contribution in [0.3, 0.4) is 0 Å². The van der Waals surface area contributed by atoms with E-state index in [-0.39, 0.29) is 12.1 Å². The predicted octanol–water partition coefficient (Wildman–Crippen LogP) is 0.181. The monoisotopic (exact) mass is 228 g/mol. The van der Waals surface area contributed by atoms with E-state index in [0.29, 0.717) is 26.2 Å². The van der Waals surface area contributed by atoms with Gasteiger partial charge in [0.15, 0.2) is 0 Å². The summed E-state index contributed by atoms with van der Waals surface area (Å²) in [5, 5.41) is 10.5. The SMILES string of the molecule is CCNC(=O)NCC=CCNC(=O)NCC. The lowest BCUT2D eigenvalue weighted by atomic mass is 10.5. The van der Waals surface area contributed by atoms with Gasteiger partial charge < -0.3 is 21.3 Å². The first-order chi connectivity index (χ1) is 7.70. The van der Waals surface area contributed by atoms with Crippen molar-refractivity contribution in [3.05, 3.63) is 12.2 Å². The van der Waals surface area contributed by atoms with Gasteiger partial charge in [0.25, 0.3) is 0 Å². The molecular formula is C10H20N4O2. The zero-order valence-electron chi connectivity index (χ0n) is 9.80. The number of nitrogens with one attached hydrogen (secondary N) is 4. The molecule has 4 N–H and O–H groups in total. The van der Waals surface area contributed by atoms with Crippen LogP contribution >= 0.6 is 0 Å². The summed E-state index contributed by atoms with van der Waals surface area (Å²) in [5.74, 6) is 0. The van der Waals surface area contributed by atoms with Crippen LogP contribution in [0, 0.1) is 0 Å². The van der Waals surface area contributed by atoms with E-state index >= 15 is 0 Å². The lowest BCUT2D eigenvalue weighted by Crippen LogP contribution is -2.36. The van der Waals surface area contributed by atoms with Crippen LogP contribution in [-0.4, -0.2) is 38.2 Å². The van der Waals surface area contributed by atoms with Crippen molar-refractivity contribution in [1.82, 2.24) is 21.3 Å². The van der Waals surface area contributed by atoms with Gasteiger partial charge in [-0.15, -0.1) is 0 Å². The Kier molecular flexibility index (Phi) is 8.76. The van der Waals surface area contributed by atoms with Crippen LogP contribution in [0.5, 0.6) is 0 Å². The van der Waals surface area contributed by atoms with Crippen molar-refractivity contribution in [3.63, 3.8) is 0 Å². The number of carbonyl (C=O) groups is 2. The summed E-state index contributed by atoms with van der Waals surface area (Å²) >= 11 is 0. The van der Waals surface area contributed by atoms with Gasteiger partial charge in [0.1, 0.15) is 0 Å². The lowest BCUT2D eigenvalue weighted by Gasteiger charge is -2.03. The summed E-state index contributed by atoms with van der Waals surface area (Å²) in [4.78, 5) is 21.9. The van der Waals surface area contributed by atoms with Crippen LogP contribution in [0.1, 0.15) is 13.8 Å². The molecule has 0 aliphatic carbocycles. The molecule has 0 heterocycles. The van der Waals surface area contributed by atoms with Crippen molar-refractivity contribution in [3.8, 4) is 0 Å². The molecule has 0 saturated carbocycles. The third-order valence-corrected chi connectivity index (χ3v) is 1.60. The molecule has 0 aliphatic heterocycles. The number of carbonyl (C=O) groups excluding carboxylic acids is 2. The quantitative estimate of drug-likeness (QED) is 0.489. The number of hydrogen-bond donors (Lipinski definition) is 4. The molecule has 0 bridgehead atoms. The average molecular weight is 228 g/mol. The first-order valence-corrected chi connectivity index (χ1v) is 5.39. The Balaban J connectivity index is 3.41. The molecule has 0 aromatic heterocycles. The number of rotatable bonds is 6. The second kappa shape index (κ2) is 9.82. The standard InChI is InChI=1S/C10H20N4O2/c1-3-11-9(15)13-7-5-6-8-14-10(16)12-4-2/h5-6H,3-4,7-8H2,1-2H3,(H2,11,13,15)(H2,12,14,16). The molecule has 0 rings (SSSR count). The molecule has 6 nitrogen and oxygen atoms in total. The molecule has 92 valence electrons. The first kappa shape index (κ1) is 14.3. The van der Waals surface area contributed by atoms with Crippen LogP contribution in [0.2, 0.25) is 0 Å². The minimum Gasteiger partial charge on any atom is -0.338 e. The van der Waals surface area contributed by atoms with E-state index in [0.717, 1.165) is 0 Å². The highest BCUT2D eigenvalue weighted by atomic mass is 16.2. The van der Waals surface area contributed by atoms with Gasteiger partial charge in [-0.3, -0.25) is 0 Å². The molecule has 0 spiro atoms. The molecule has 6 heteroatoms. The van der Waals surface area contributed by atoms with Crippen LogP contribution < -0.4 is 21.3 Å². The molecule has 0 atom stereocenters. The van der Waals surface area contributed by atoms with Crippen LogP contribution in [0.4, 0.5) is 9.59 Å². The van der Waals surface area contributed by atoms with E-state index in [1.807, 2.05) is 13.8 Å². The van der Waals surface area contributed by atoms with Gasteiger partial charge in [0.05, 0.1) is 0 Å². The number of amides is 4.